The van der Waals surface area contributed by atoms with Crippen molar-refractivity contribution in [3.8, 4) is 5.75 Å². The molecule has 4 nitrogen and oxygen atoms in total. The van der Waals surface area contributed by atoms with Crippen LogP contribution < -0.4 is 10.1 Å². The van der Waals surface area contributed by atoms with Crippen LogP contribution in [0.15, 0.2) is 72.9 Å². The molecule has 1 N–H and O–H groups in total. The normalized spacial score (nSPS) is 11.2. The minimum Gasteiger partial charge on any atom is -0.491 e. The molecule has 0 unspecified atom stereocenters. The fourth-order valence-corrected chi connectivity index (χ4v) is 4.30. The van der Waals surface area contributed by atoms with E-state index >= 15 is 0 Å². The number of ether oxygens (including phenoxy) is 1. The molecule has 1 amide bonds. The number of rotatable bonds is 9. The molecule has 0 aliphatic carbocycles. The average Bonchev–Trinajstić information content (AvgIpc) is 3.17. The largest absolute Gasteiger partial charge is 0.491 e. The van der Waals surface area contributed by atoms with Crippen molar-refractivity contribution in [1.29, 1.82) is 0 Å². The first-order valence-electron chi connectivity index (χ1n) is 12.0. The van der Waals surface area contributed by atoms with Crippen molar-refractivity contribution in [2.24, 2.45) is 0 Å². The molecule has 0 aliphatic rings. The monoisotopic (exact) mass is 454 g/mol. The molecule has 1 heterocycles. The van der Waals surface area contributed by atoms with Gasteiger partial charge in [-0.1, -0.05) is 54.1 Å². The smallest absolute Gasteiger partial charge is 0.220 e. The molecule has 4 aromatic rings. The highest BCUT2D eigenvalue weighted by Gasteiger charge is 2.11. The molecule has 0 saturated heterocycles. The van der Waals surface area contributed by atoms with Crippen LogP contribution in [0.4, 0.5) is 0 Å². The number of nitrogens with one attached hydrogen (secondary N) is 1. The maximum Gasteiger partial charge on any atom is 0.220 e. The van der Waals surface area contributed by atoms with E-state index in [1.807, 2.05) is 38.1 Å². The highest BCUT2D eigenvalue weighted by atomic mass is 16.5. The Balaban J connectivity index is 1.39. The van der Waals surface area contributed by atoms with E-state index in [-0.39, 0.29) is 12.0 Å². The minimum atomic E-state index is 0.0638. The highest BCUT2D eigenvalue weighted by molar-refractivity contribution is 5.85. The Morgan fingerprint density at radius 2 is 1.74 bits per heavy atom. The van der Waals surface area contributed by atoms with Crippen molar-refractivity contribution in [2.75, 3.05) is 0 Å². The summed E-state index contributed by atoms with van der Waals surface area (Å²) in [5.41, 5.74) is 7.39. The standard InChI is InChI=1S/C30H34N2O2/c1-21(2)34-27-14-11-24(12-15-27)18-31-30(33)16-13-25-19-32(29-8-6-5-7-28(25)29)20-26-17-22(3)9-10-23(26)4/h5-12,14-15,17,19,21H,13,16,18,20H2,1-4H3,(H,31,33). The van der Waals surface area contributed by atoms with E-state index in [1.54, 1.807) is 0 Å². The van der Waals surface area contributed by atoms with Crippen molar-refractivity contribution < 1.29 is 9.53 Å². The maximum absolute atomic E-state index is 12.6. The number of hydrogen-bond donors (Lipinski definition) is 1. The van der Waals surface area contributed by atoms with Crippen molar-refractivity contribution in [2.45, 2.75) is 59.7 Å². The Kier molecular flexibility index (Phi) is 7.36. The van der Waals surface area contributed by atoms with E-state index < -0.39 is 0 Å². The van der Waals surface area contributed by atoms with Gasteiger partial charge >= 0.3 is 0 Å². The summed E-state index contributed by atoms with van der Waals surface area (Å²) in [6.07, 6.45) is 3.55. The third-order valence-electron chi connectivity index (χ3n) is 6.12. The molecular weight excluding hydrogens is 420 g/mol. The van der Waals surface area contributed by atoms with Gasteiger partial charge in [0.05, 0.1) is 6.10 Å². The first kappa shape index (κ1) is 23.6. The molecule has 0 aliphatic heterocycles. The number of para-hydroxylation sites is 1. The first-order chi connectivity index (χ1) is 16.4. The van der Waals surface area contributed by atoms with Crippen LogP contribution >= 0.6 is 0 Å². The van der Waals surface area contributed by atoms with Gasteiger partial charge in [-0.15, -0.1) is 0 Å². The van der Waals surface area contributed by atoms with E-state index in [2.05, 4.69) is 72.4 Å². The van der Waals surface area contributed by atoms with Gasteiger partial charge in [0.15, 0.2) is 0 Å². The molecule has 1 aromatic heterocycles. The van der Waals surface area contributed by atoms with E-state index in [4.69, 9.17) is 4.74 Å². The fourth-order valence-electron chi connectivity index (χ4n) is 4.30. The Morgan fingerprint density at radius 3 is 2.50 bits per heavy atom. The van der Waals surface area contributed by atoms with Gasteiger partial charge in [-0.25, -0.2) is 0 Å². The lowest BCUT2D eigenvalue weighted by Gasteiger charge is -2.10. The summed E-state index contributed by atoms with van der Waals surface area (Å²) in [4.78, 5) is 12.6. The van der Waals surface area contributed by atoms with Gasteiger partial charge in [0.1, 0.15) is 5.75 Å². The second kappa shape index (κ2) is 10.6. The number of aryl methyl sites for hydroxylation is 3. The van der Waals surface area contributed by atoms with Crippen LogP contribution in [0.3, 0.4) is 0 Å². The molecular formula is C30H34N2O2. The predicted molar refractivity (Wildman–Crippen MR) is 139 cm³/mol. The zero-order valence-electron chi connectivity index (χ0n) is 20.6. The molecule has 0 atom stereocenters. The van der Waals surface area contributed by atoms with Crippen molar-refractivity contribution in [3.63, 3.8) is 0 Å². The molecule has 0 fully saturated rings. The summed E-state index contributed by atoms with van der Waals surface area (Å²) < 4.78 is 7.99. The van der Waals surface area contributed by atoms with Gasteiger partial charge < -0.3 is 14.6 Å². The second-order valence-electron chi connectivity index (χ2n) is 9.32. The van der Waals surface area contributed by atoms with Gasteiger partial charge in [0.25, 0.3) is 0 Å². The van der Waals surface area contributed by atoms with E-state index in [9.17, 15) is 4.79 Å². The van der Waals surface area contributed by atoms with Crippen LogP contribution in [0.25, 0.3) is 10.9 Å². The van der Waals surface area contributed by atoms with Crippen molar-refractivity contribution >= 4 is 16.8 Å². The molecule has 4 heteroatoms. The fraction of sp³-hybridized carbons (Fsp3) is 0.300. The quantitative estimate of drug-likeness (QED) is 0.321. The SMILES string of the molecule is Cc1ccc(C)c(Cn2cc(CCC(=O)NCc3ccc(OC(C)C)cc3)c3ccccc32)c1. The van der Waals surface area contributed by atoms with Crippen molar-refractivity contribution in [1.82, 2.24) is 9.88 Å². The van der Waals surface area contributed by atoms with E-state index in [0.717, 1.165) is 17.9 Å². The number of hydrogen-bond acceptors (Lipinski definition) is 2. The molecule has 0 radical (unpaired) electrons. The molecule has 0 saturated carbocycles. The van der Waals surface area contributed by atoms with Crippen LogP contribution in [-0.4, -0.2) is 16.6 Å². The highest BCUT2D eigenvalue weighted by Crippen LogP contribution is 2.24. The Hall–Kier alpha value is -3.53. The summed E-state index contributed by atoms with van der Waals surface area (Å²) >= 11 is 0. The number of aromatic nitrogens is 1. The van der Waals surface area contributed by atoms with Crippen LogP contribution in [0.2, 0.25) is 0 Å². The molecule has 34 heavy (non-hydrogen) atoms. The van der Waals surface area contributed by atoms with Crippen LogP contribution in [0.5, 0.6) is 5.75 Å². The van der Waals surface area contributed by atoms with Gasteiger partial charge in [-0.2, -0.15) is 0 Å². The lowest BCUT2D eigenvalue weighted by atomic mass is 10.1. The number of fused-ring (bicyclic) bond motifs is 1. The summed E-state index contributed by atoms with van der Waals surface area (Å²) in [5.74, 6) is 0.913. The third kappa shape index (κ3) is 5.88. The zero-order valence-corrected chi connectivity index (χ0v) is 20.6. The molecule has 0 spiro atoms. The third-order valence-corrected chi connectivity index (χ3v) is 6.12. The lowest BCUT2D eigenvalue weighted by molar-refractivity contribution is -0.121. The lowest BCUT2D eigenvalue weighted by Crippen LogP contribution is -2.22. The molecule has 4 rings (SSSR count). The Bertz CT molecular complexity index is 1270. The zero-order chi connectivity index (χ0) is 24.1. The maximum atomic E-state index is 12.6. The Morgan fingerprint density at radius 1 is 0.971 bits per heavy atom. The second-order valence-corrected chi connectivity index (χ2v) is 9.32. The van der Waals surface area contributed by atoms with Crippen LogP contribution in [0, 0.1) is 13.8 Å². The number of nitrogens with zero attached hydrogens (tertiary/aromatic N) is 1. The van der Waals surface area contributed by atoms with Gasteiger partial charge in [0, 0.05) is 36.6 Å². The summed E-state index contributed by atoms with van der Waals surface area (Å²) in [6, 6.07) is 23.0. The predicted octanol–water partition coefficient (Wildman–Crippen LogP) is 6.34. The first-order valence-corrected chi connectivity index (χ1v) is 12.0. The summed E-state index contributed by atoms with van der Waals surface area (Å²) in [7, 11) is 0. The van der Waals surface area contributed by atoms with Gasteiger partial charge in [-0.05, 0) is 74.6 Å². The summed E-state index contributed by atoms with van der Waals surface area (Å²) in [6.45, 7) is 9.67. The van der Waals surface area contributed by atoms with Gasteiger partial charge in [-0.3, -0.25) is 4.79 Å². The number of amides is 1. The van der Waals surface area contributed by atoms with E-state index in [0.29, 0.717) is 19.4 Å². The number of benzene rings is 3. The van der Waals surface area contributed by atoms with Crippen LogP contribution in [-0.2, 0) is 24.3 Å². The molecule has 3 aromatic carbocycles. The Labute approximate surface area is 202 Å². The molecule has 176 valence electrons. The summed E-state index contributed by atoms with van der Waals surface area (Å²) in [5, 5.41) is 4.27. The van der Waals surface area contributed by atoms with E-state index in [1.165, 1.54) is 33.2 Å². The van der Waals surface area contributed by atoms with Crippen molar-refractivity contribution in [3.05, 3.63) is 101 Å². The number of carbonyl (C=O) groups excluding carboxylic acids is 1. The van der Waals surface area contributed by atoms with Gasteiger partial charge in [0.2, 0.25) is 5.91 Å². The topological polar surface area (TPSA) is 43.3 Å². The van der Waals surface area contributed by atoms with Crippen LogP contribution in [0.1, 0.15) is 48.1 Å². The average molecular weight is 455 g/mol. The minimum absolute atomic E-state index is 0.0638. The molecule has 0 bridgehead atoms. The number of carbonyl (C=O) groups is 1.